The lowest BCUT2D eigenvalue weighted by molar-refractivity contribution is -0.147. The first-order valence-electron chi connectivity index (χ1n) is 4.98. The molecule has 0 saturated heterocycles. The van der Waals surface area contributed by atoms with Crippen molar-refractivity contribution < 1.29 is 14.7 Å². The highest BCUT2D eigenvalue weighted by Gasteiger charge is 2.37. The van der Waals surface area contributed by atoms with Gasteiger partial charge in [-0.15, -0.1) is 0 Å². The summed E-state index contributed by atoms with van der Waals surface area (Å²) < 4.78 is 0. The van der Waals surface area contributed by atoms with Crippen LogP contribution in [0.25, 0.3) is 0 Å². The van der Waals surface area contributed by atoms with Crippen molar-refractivity contribution in [3.8, 4) is 0 Å². The summed E-state index contributed by atoms with van der Waals surface area (Å²) in [6.45, 7) is 5.20. The van der Waals surface area contributed by atoms with Gasteiger partial charge in [-0.2, -0.15) is 11.3 Å². The largest absolute Gasteiger partial charge is 0.480 e. The van der Waals surface area contributed by atoms with Gasteiger partial charge in [0.15, 0.2) is 0 Å². The second-order valence-corrected chi connectivity index (χ2v) is 4.71. The maximum atomic E-state index is 12.1. The topological polar surface area (TPSA) is 57.6 Å². The number of nitrogens with zero attached hydrogens (tertiary/aromatic N) is 1. The minimum absolute atomic E-state index is 0.240. The number of carboxylic acids is 1. The van der Waals surface area contributed by atoms with Crippen LogP contribution in [0.4, 0.5) is 0 Å². The highest BCUT2D eigenvalue weighted by Crippen LogP contribution is 2.19. The molecule has 88 valence electrons. The predicted octanol–water partition coefficient (Wildman–Crippen LogP) is 2.07. The number of aliphatic carboxylic acids is 1. The molecule has 1 heterocycles. The van der Waals surface area contributed by atoms with Crippen molar-refractivity contribution in [3.05, 3.63) is 22.4 Å². The molecular weight excluding hydrogens is 226 g/mol. The molecule has 0 spiro atoms. The van der Waals surface area contributed by atoms with E-state index < -0.39 is 11.5 Å². The smallest absolute Gasteiger partial charge is 0.329 e. The summed E-state index contributed by atoms with van der Waals surface area (Å²) >= 11 is 1.42. The normalized spacial score (nSPS) is 11.2. The molecule has 0 aliphatic carbocycles. The van der Waals surface area contributed by atoms with Crippen LogP contribution in [0.3, 0.4) is 0 Å². The van der Waals surface area contributed by atoms with E-state index in [1.165, 1.54) is 30.1 Å². The zero-order valence-corrected chi connectivity index (χ0v) is 10.4. The average molecular weight is 241 g/mol. The molecule has 0 atom stereocenters. The minimum Gasteiger partial charge on any atom is -0.480 e. The molecule has 0 aliphatic heterocycles. The van der Waals surface area contributed by atoms with Crippen LogP contribution in [-0.4, -0.2) is 34.0 Å². The lowest BCUT2D eigenvalue weighted by atomic mass is 10.0. The summed E-state index contributed by atoms with van der Waals surface area (Å²) in [6.07, 6.45) is 0. The molecule has 1 aromatic rings. The number of likely N-dealkylation sites (N-methyl/N-ethyl adjacent to an activating group) is 1. The van der Waals surface area contributed by atoms with E-state index in [0.717, 1.165) is 0 Å². The van der Waals surface area contributed by atoms with Gasteiger partial charge in [-0.3, -0.25) is 4.79 Å². The Morgan fingerprint density at radius 1 is 1.50 bits per heavy atom. The maximum Gasteiger partial charge on any atom is 0.329 e. The van der Waals surface area contributed by atoms with Gasteiger partial charge in [0, 0.05) is 11.9 Å². The van der Waals surface area contributed by atoms with Gasteiger partial charge < -0.3 is 10.0 Å². The molecule has 1 N–H and O–H groups in total. The predicted molar refractivity (Wildman–Crippen MR) is 62.7 cm³/mol. The van der Waals surface area contributed by atoms with Gasteiger partial charge in [-0.25, -0.2) is 4.79 Å². The molecule has 0 radical (unpaired) electrons. The van der Waals surface area contributed by atoms with Crippen molar-refractivity contribution in [2.75, 3.05) is 6.54 Å². The van der Waals surface area contributed by atoms with E-state index in [-0.39, 0.29) is 5.91 Å². The van der Waals surface area contributed by atoms with Crippen LogP contribution < -0.4 is 0 Å². The van der Waals surface area contributed by atoms with Crippen LogP contribution in [0.5, 0.6) is 0 Å². The minimum atomic E-state index is -1.19. The van der Waals surface area contributed by atoms with Crippen molar-refractivity contribution in [3.63, 3.8) is 0 Å². The molecule has 0 aromatic carbocycles. The van der Waals surface area contributed by atoms with Crippen LogP contribution in [0.2, 0.25) is 0 Å². The second-order valence-electron chi connectivity index (χ2n) is 3.93. The Kier molecular flexibility index (Phi) is 3.70. The van der Waals surface area contributed by atoms with Crippen LogP contribution in [0, 0.1) is 0 Å². The number of hydrogen-bond acceptors (Lipinski definition) is 3. The molecule has 1 rings (SSSR count). The van der Waals surface area contributed by atoms with Gasteiger partial charge in [0.2, 0.25) is 0 Å². The molecule has 0 fully saturated rings. The zero-order valence-electron chi connectivity index (χ0n) is 9.56. The van der Waals surface area contributed by atoms with Gasteiger partial charge in [0.05, 0.1) is 5.56 Å². The van der Waals surface area contributed by atoms with Gasteiger partial charge >= 0.3 is 5.97 Å². The van der Waals surface area contributed by atoms with E-state index in [9.17, 15) is 9.59 Å². The lowest BCUT2D eigenvalue weighted by Gasteiger charge is -2.34. The third kappa shape index (κ3) is 2.24. The number of amides is 1. The molecule has 0 bridgehead atoms. The highest BCUT2D eigenvalue weighted by atomic mass is 32.1. The number of hydrogen-bond donors (Lipinski definition) is 1. The summed E-state index contributed by atoms with van der Waals surface area (Å²) in [5.74, 6) is -1.24. The number of thiophene rings is 1. The van der Waals surface area contributed by atoms with Gasteiger partial charge in [0.25, 0.3) is 5.91 Å². The molecule has 5 heteroatoms. The Hall–Kier alpha value is -1.36. The van der Waals surface area contributed by atoms with Crippen LogP contribution >= 0.6 is 11.3 Å². The van der Waals surface area contributed by atoms with Crippen molar-refractivity contribution in [1.29, 1.82) is 0 Å². The van der Waals surface area contributed by atoms with E-state index in [1.807, 2.05) is 0 Å². The monoisotopic (exact) mass is 241 g/mol. The third-order valence-electron chi connectivity index (χ3n) is 2.53. The fourth-order valence-corrected chi connectivity index (χ4v) is 2.08. The van der Waals surface area contributed by atoms with Gasteiger partial charge in [0.1, 0.15) is 5.54 Å². The standard InChI is InChI=1S/C11H15NO3S/c1-4-12(11(2,3)10(14)15)9(13)8-5-6-16-7-8/h5-7H,4H2,1-3H3,(H,14,15). The molecule has 1 amide bonds. The first-order valence-corrected chi connectivity index (χ1v) is 5.93. The molecular formula is C11H15NO3S. The zero-order chi connectivity index (χ0) is 12.3. The van der Waals surface area contributed by atoms with Crippen molar-refractivity contribution in [1.82, 2.24) is 4.90 Å². The SMILES string of the molecule is CCN(C(=O)c1ccsc1)C(C)(C)C(=O)O. The van der Waals surface area contributed by atoms with E-state index >= 15 is 0 Å². The fraction of sp³-hybridized carbons (Fsp3) is 0.455. The Labute approximate surface area is 98.5 Å². The Morgan fingerprint density at radius 2 is 2.12 bits per heavy atom. The van der Waals surface area contributed by atoms with E-state index in [1.54, 1.807) is 23.8 Å². The summed E-state index contributed by atoms with van der Waals surface area (Å²) in [7, 11) is 0. The summed E-state index contributed by atoms with van der Waals surface area (Å²) in [4.78, 5) is 24.5. The number of carbonyl (C=O) groups is 2. The molecule has 4 nitrogen and oxygen atoms in total. The fourth-order valence-electron chi connectivity index (χ4n) is 1.45. The van der Waals surface area contributed by atoms with E-state index in [4.69, 9.17) is 5.11 Å². The van der Waals surface area contributed by atoms with Gasteiger partial charge in [-0.1, -0.05) is 0 Å². The van der Waals surface area contributed by atoms with Crippen molar-refractivity contribution >= 4 is 23.2 Å². The maximum absolute atomic E-state index is 12.1. The molecule has 16 heavy (non-hydrogen) atoms. The summed E-state index contributed by atoms with van der Waals surface area (Å²) in [6, 6.07) is 1.70. The second kappa shape index (κ2) is 4.65. The quantitative estimate of drug-likeness (QED) is 0.878. The van der Waals surface area contributed by atoms with Crippen LogP contribution in [0.15, 0.2) is 16.8 Å². The van der Waals surface area contributed by atoms with Crippen LogP contribution in [0.1, 0.15) is 31.1 Å². The first kappa shape index (κ1) is 12.7. The lowest BCUT2D eigenvalue weighted by Crippen LogP contribution is -2.52. The average Bonchev–Trinajstić information content (AvgIpc) is 2.70. The van der Waals surface area contributed by atoms with Crippen LogP contribution in [-0.2, 0) is 4.79 Å². The van der Waals surface area contributed by atoms with Crippen molar-refractivity contribution in [2.45, 2.75) is 26.3 Å². The van der Waals surface area contributed by atoms with E-state index in [2.05, 4.69) is 0 Å². The molecule has 0 unspecified atom stereocenters. The third-order valence-corrected chi connectivity index (χ3v) is 3.21. The highest BCUT2D eigenvalue weighted by molar-refractivity contribution is 7.08. The molecule has 0 saturated carbocycles. The summed E-state index contributed by atoms with van der Waals surface area (Å²) in [5, 5.41) is 12.6. The Morgan fingerprint density at radius 3 is 2.50 bits per heavy atom. The molecule has 1 aromatic heterocycles. The Bertz CT molecular complexity index is 384. The number of rotatable bonds is 4. The van der Waals surface area contributed by atoms with E-state index in [0.29, 0.717) is 12.1 Å². The Balaban J connectivity index is 3.00. The number of carbonyl (C=O) groups excluding carboxylic acids is 1. The molecule has 0 aliphatic rings. The van der Waals surface area contributed by atoms with Gasteiger partial charge in [-0.05, 0) is 32.2 Å². The first-order chi connectivity index (χ1) is 7.41. The summed E-state index contributed by atoms with van der Waals surface area (Å²) in [5.41, 5.74) is -0.644. The number of carboxylic acid groups (broad SMARTS) is 1. The van der Waals surface area contributed by atoms with Crippen molar-refractivity contribution in [2.24, 2.45) is 0 Å².